The fourth-order valence-electron chi connectivity index (χ4n) is 4.30. The van der Waals surface area contributed by atoms with Crippen LogP contribution in [0.3, 0.4) is 0 Å². The van der Waals surface area contributed by atoms with Crippen LogP contribution in [0, 0.1) is 0 Å². The minimum absolute atomic E-state index is 0.183. The lowest BCUT2D eigenvalue weighted by molar-refractivity contribution is -0.113. The molecule has 1 N–H and O–H groups in total. The Morgan fingerprint density at radius 2 is 1.64 bits per heavy atom. The van der Waals surface area contributed by atoms with Crippen LogP contribution in [0.1, 0.15) is 18.9 Å². The minimum Gasteiger partial charge on any atom is -0.494 e. The number of anilines is 1. The van der Waals surface area contributed by atoms with E-state index in [4.69, 9.17) is 21.7 Å². The highest BCUT2D eigenvalue weighted by Crippen LogP contribution is 2.28. The van der Waals surface area contributed by atoms with Gasteiger partial charge in [0.05, 0.1) is 18.9 Å². The number of thiocarbonyl (C=S) groups is 1. The van der Waals surface area contributed by atoms with Crippen LogP contribution in [-0.4, -0.2) is 28.8 Å². The molecule has 0 radical (unpaired) electrons. The molecule has 0 atom stereocenters. The zero-order valence-corrected chi connectivity index (χ0v) is 20.8. The van der Waals surface area contributed by atoms with Gasteiger partial charge < -0.3 is 19.4 Å². The molecular formula is C29H27N3O3S. The molecule has 0 aliphatic carbocycles. The summed E-state index contributed by atoms with van der Waals surface area (Å²) >= 11 is 5.49. The summed E-state index contributed by atoms with van der Waals surface area (Å²) in [6.45, 7) is 3.94. The monoisotopic (exact) mass is 497 g/mol. The third-order valence-electron chi connectivity index (χ3n) is 5.96. The van der Waals surface area contributed by atoms with Crippen LogP contribution in [0.25, 0.3) is 17.0 Å². The number of aryl methyl sites for hydroxylation is 1. The summed E-state index contributed by atoms with van der Waals surface area (Å²) in [6.07, 6.45) is 4.82. The lowest BCUT2D eigenvalue weighted by atomic mass is 10.1. The van der Waals surface area contributed by atoms with E-state index in [0.29, 0.717) is 29.7 Å². The van der Waals surface area contributed by atoms with Crippen molar-refractivity contribution in [2.75, 3.05) is 18.1 Å². The molecular weight excluding hydrogens is 470 g/mol. The second kappa shape index (κ2) is 10.7. The quantitative estimate of drug-likeness (QED) is 0.181. The van der Waals surface area contributed by atoms with E-state index in [1.165, 1.54) is 4.90 Å². The zero-order chi connectivity index (χ0) is 24.9. The van der Waals surface area contributed by atoms with Crippen molar-refractivity contribution in [3.8, 4) is 11.5 Å². The number of amides is 1. The molecule has 0 unspecified atom stereocenters. The van der Waals surface area contributed by atoms with Crippen LogP contribution in [0.2, 0.25) is 0 Å². The van der Waals surface area contributed by atoms with Crippen molar-refractivity contribution >= 4 is 45.9 Å². The number of carbonyl (C=O) groups excluding carboxylic acids is 1. The molecule has 4 aromatic rings. The van der Waals surface area contributed by atoms with Crippen LogP contribution in [0.4, 0.5) is 5.69 Å². The van der Waals surface area contributed by atoms with E-state index in [0.717, 1.165) is 40.9 Å². The largest absolute Gasteiger partial charge is 0.494 e. The molecule has 1 aliphatic heterocycles. The summed E-state index contributed by atoms with van der Waals surface area (Å²) in [5.41, 5.74) is 3.22. The fourth-order valence-corrected chi connectivity index (χ4v) is 4.60. The Bertz CT molecular complexity index is 1410. The predicted molar refractivity (Wildman–Crippen MR) is 147 cm³/mol. The van der Waals surface area contributed by atoms with Gasteiger partial charge in [0, 0.05) is 29.2 Å². The number of hydrogen-bond donors (Lipinski definition) is 1. The number of para-hydroxylation sites is 2. The Morgan fingerprint density at radius 1 is 0.917 bits per heavy atom. The molecule has 36 heavy (non-hydrogen) atoms. The van der Waals surface area contributed by atoms with Gasteiger partial charge in [0.2, 0.25) is 0 Å². The van der Waals surface area contributed by atoms with Crippen molar-refractivity contribution in [2.24, 2.45) is 0 Å². The molecule has 0 bridgehead atoms. The van der Waals surface area contributed by atoms with Gasteiger partial charge >= 0.3 is 0 Å². The van der Waals surface area contributed by atoms with E-state index < -0.39 is 0 Å². The average Bonchev–Trinajstić information content (AvgIpc) is 3.39. The molecule has 182 valence electrons. The number of nitrogens with zero attached hydrogens (tertiary/aromatic N) is 2. The van der Waals surface area contributed by atoms with Gasteiger partial charge in [-0.15, -0.1) is 0 Å². The molecule has 0 spiro atoms. The molecule has 1 aliphatic rings. The second-order valence-corrected chi connectivity index (χ2v) is 8.75. The number of ether oxygens (including phenoxy) is 2. The zero-order valence-electron chi connectivity index (χ0n) is 20.0. The fraction of sp³-hybridized carbons (Fsp3) is 0.172. The van der Waals surface area contributed by atoms with Crippen LogP contribution in [-0.2, 0) is 11.3 Å². The van der Waals surface area contributed by atoms with Crippen LogP contribution >= 0.6 is 12.2 Å². The van der Waals surface area contributed by atoms with Crippen LogP contribution in [0.5, 0.6) is 11.5 Å². The number of aromatic nitrogens is 1. The van der Waals surface area contributed by atoms with Crippen LogP contribution < -0.4 is 19.7 Å². The molecule has 6 nitrogen and oxygen atoms in total. The maximum Gasteiger partial charge on any atom is 0.281 e. The van der Waals surface area contributed by atoms with Crippen molar-refractivity contribution in [3.05, 3.63) is 96.3 Å². The molecule has 1 amide bonds. The summed E-state index contributed by atoms with van der Waals surface area (Å²) in [6, 6.07) is 25.4. The Labute approximate surface area is 215 Å². The smallest absolute Gasteiger partial charge is 0.281 e. The number of hydrogen-bond acceptors (Lipinski definition) is 4. The first-order valence-electron chi connectivity index (χ1n) is 12.0. The predicted octanol–water partition coefficient (Wildman–Crippen LogP) is 5.77. The number of nitrogens with one attached hydrogen (secondary N) is 1. The summed E-state index contributed by atoms with van der Waals surface area (Å²) in [4.78, 5) is 14.8. The van der Waals surface area contributed by atoms with Gasteiger partial charge in [-0.2, -0.15) is 0 Å². The lowest BCUT2D eigenvalue weighted by Crippen LogP contribution is -2.30. The third kappa shape index (κ3) is 4.97. The number of carbonyl (C=O) groups is 1. The first-order chi connectivity index (χ1) is 17.6. The summed E-state index contributed by atoms with van der Waals surface area (Å²) in [7, 11) is 0. The molecule has 5 rings (SSSR count). The number of rotatable bonds is 9. The molecule has 3 aromatic carbocycles. The summed E-state index contributed by atoms with van der Waals surface area (Å²) < 4.78 is 13.6. The average molecular weight is 498 g/mol. The highest BCUT2D eigenvalue weighted by Gasteiger charge is 2.32. The van der Waals surface area contributed by atoms with E-state index in [1.807, 2.05) is 79.7 Å². The van der Waals surface area contributed by atoms with E-state index in [-0.39, 0.29) is 5.91 Å². The topological polar surface area (TPSA) is 55.7 Å². The Balaban J connectivity index is 1.34. The number of benzene rings is 3. The van der Waals surface area contributed by atoms with Gasteiger partial charge in [-0.1, -0.05) is 36.4 Å². The molecule has 1 saturated heterocycles. The van der Waals surface area contributed by atoms with E-state index in [1.54, 1.807) is 0 Å². The van der Waals surface area contributed by atoms with Gasteiger partial charge in [0.1, 0.15) is 17.2 Å². The van der Waals surface area contributed by atoms with Crippen LogP contribution in [0.15, 0.2) is 90.8 Å². The van der Waals surface area contributed by atoms with Crippen molar-refractivity contribution in [2.45, 2.75) is 19.9 Å². The molecule has 1 aromatic heterocycles. The van der Waals surface area contributed by atoms with Crippen molar-refractivity contribution < 1.29 is 14.3 Å². The molecule has 0 saturated carbocycles. The third-order valence-corrected chi connectivity index (χ3v) is 6.24. The van der Waals surface area contributed by atoms with E-state index in [2.05, 4.69) is 28.2 Å². The first kappa shape index (κ1) is 23.6. The maximum atomic E-state index is 13.3. The van der Waals surface area contributed by atoms with Gasteiger partial charge in [0.15, 0.2) is 5.11 Å². The molecule has 1 fully saturated rings. The van der Waals surface area contributed by atoms with Crippen molar-refractivity contribution in [3.63, 3.8) is 0 Å². The SMILES string of the molecule is CCOc1ccc(N2C(=O)/C(=C/c3cn(CCCOc4ccccc4)c4ccccc34)NC2=S)cc1. The Hall–Kier alpha value is -4.10. The first-order valence-corrected chi connectivity index (χ1v) is 12.4. The molecule has 7 heteroatoms. The van der Waals surface area contributed by atoms with E-state index >= 15 is 0 Å². The van der Waals surface area contributed by atoms with Gasteiger partial charge in [0.25, 0.3) is 5.91 Å². The Kier molecular flexibility index (Phi) is 7.00. The van der Waals surface area contributed by atoms with Gasteiger partial charge in [-0.05, 0) is 74.1 Å². The minimum atomic E-state index is -0.183. The Morgan fingerprint density at radius 3 is 2.42 bits per heavy atom. The lowest BCUT2D eigenvalue weighted by Gasteiger charge is -2.14. The van der Waals surface area contributed by atoms with Crippen molar-refractivity contribution in [1.82, 2.24) is 9.88 Å². The van der Waals surface area contributed by atoms with Crippen molar-refractivity contribution in [1.29, 1.82) is 0 Å². The standard InChI is InChI=1S/C29H27N3O3S/c1-2-34-24-15-13-22(14-16-24)32-28(33)26(30-29(32)36)19-21-20-31(27-12-7-6-11-25(21)27)17-8-18-35-23-9-4-3-5-10-23/h3-7,9-16,19-20H,2,8,17-18H2,1H3,(H,30,36)/b26-19-. The highest BCUT2D eigenvalue weighted by atomic mass is 32.1. The summed E-state index contributed by atoms with van der Waals surface area (Å²) in [5, 5.41) is 4.53. The molecule has 2 heterocycles. The van der Waals surface area contributed by atoms with Gasteiger partial charge in [-0.3, -0.25) is 9.69 Å². The van der Waals surface area contributed by atoms with Gasteiger partial charge in [-0.25, -0.2) is 0 Å². The normalized spacial score (nSPS) is 14.5. The summed E-state index contributed by atoms with van der Waals surface area (Å²) in [5.74, 6) is 1.45. The van der Waals surface area contributed by atoms with E-state index in [9.17, 15) is 4.79 Å². The maximum absolute atomic E-state index is 13.3. The number of fused-ring (bicyclic) bond motifs is 1. The highest BCUT2D eigenvalue weighted by molar-refractivity contribution is 7.80. The second-order valence-electron chi connectivity index (χ2n) is 8.37.